The highest BCUT2D eigenvalue weighted by molar-refractivity contribution is 5.93. The molecule has 4 aromatic carbocycles. The lowest BCUT2D eigenvalue weighted by Gasteiger charge is -2.20. The molecule has 0 unspecified atom stereocenters. The molecule has 35 heavy (non-hydrogen) atoms. The molecular weight excluding hydrogens is 445 g/mol. The van der Waals surface area contributed by atoms with Crippen LogP contribution in [0.3, 0.4) is 0 Å². The maximum atomic E-state index is 16.0. The van der Waals surface area contributed by atoms with Gasteiger partial charge < -0.3 is 4.74 Å². The summed E-state index contributed by atoms with van der Waals surface area (Å²) in [4.78, 5) is 0. The molecule has 4 heteroatoms. The fourth-order valence-electron chi connectivity index (χ4n) is 4.75. The summed E-state index contributed by atoms with van der Waals surface area (Å²) < 4.78 is 45.3. The zero-order chi connectivity index (χ0) is 24.8. The SMILES string of the molecule is CCCCc1c(-c2ccc(-c3ccc(OC(F)F)cc3)cc2)c(F)c2ccccc2c1CCCC. The topological polar surface area (TPSA) is 9.23 Å². The van der Waals surface area contributed by atoms with Crippen molar-refractivity contribution in [2.24, 2.45) is 0 Å². The molecule has 0 aliphatic heterocycles. The fourth-order valence-corrected chi connectivity index (χ4v) is 4.75. The van der Waals surface area contributed by atoms with Crippen LogP contribution in [0.25, 0.3) is 33.0 Å². The van der Waals surface area contributed by atoms with Crippen molar-refractivity contribution in [3.8, 4) is 28.0 Å². The van der Waals surface area contributed by atoms with Gasteiger partial charge in [0.25, 0.3) is 0 Å². The molecule has 0 aromatic heterocycles. The Morgan fingerprint density at radius 2 is 1.17 bits per heavy atom. The lowest BCUT2D eigenvalue weighted by atomic mass is 9.85. The Balaban J connectivity index is 1.79. The van der Waals surface area contributed by atoms with E-state index in [0.29, 0.717) is 10.9 Å². The number of aryl methyl sites for hydroxylation is 1. The molecule has 4 aromatic rings. The average Bonchev–Trinajstić information content (AvgIpc) is 2.87. The van der Waals surface area contributed by atoms with E-state index < -0.39 is 6.61 Å². The average molecular weight is 477 g/mol. The van der Waals surface area contributed by atoms with Gasteiger partial charge in [0.15, 0.2) is 0 Å². The van der Waals surface area contributed by atoms with Gasteiger partial charge in [0, 0.05) is 10.9 Å². The summed E-state index contributed by atoms with van der Waals surface area (Å²) in [5, 5.41) is 1.70. The molecule has 0 saturated heterocycles. The minimum Gasteiger partial charge on any atom is -0.435 e. The van der Waals surface area contributed by atoms with Gasteiger partial charge in [-0.15, -0.1) is 0 Å². The molecule has 0 radical (unpaired) electrons. The van der Waals surface area contributed by atoms with Gasteiger partial charge in [0.05, 0.1) is 0 Å². The quantitative estimate of drug-likeness (QED) is 0.221. The summed E-state index contributed by atoms with van der Waals surface area (Å²) in [6, 6.07) is 22.2. The number of halogens is 3. The van der Waals surface area contributed by atoms with Gasteiger partial charge in [-0.2, -0.15) is 8.78 Å². The normalized spacial score (nSPS) is 11.4. The maximum Gasteiger partial charge on any atom is 0.387 e. The second-order valence-electron chi connectivity index (χ2n) is 8.88. The molecule has 0 N–H and O–H groups in total. The molecule has 0 heterocycles. The van der Waals surface area contributed by atoms with E-state index in [4.69, 9.17) is 0 Å². The van der Waals surface area contributed by atoms with Crippen molar-refractivity contribution < 1.29 is 17.9 Å². The van der Waals surface area contributed by atoms with Crippen LogP contribution in [0.15, 0.2) is 72.8 Å². The van der Waals surface area contributed by atoms with Gasteiger partial charge in [-0.3, -0.25) is 0 Å². The molecule has 0 amide bonds. The lowest BCUT2D eigenvalue weighted by Crippen LogP contribution is -2.04. The maximum absolute atomic E-state index is 16.0. The molecule has 0 atom stereocenters. The highest BCUT2D eigenvalue weighted by atomic mass is 19.3. The van der Waals surface area contributed by atoms with Crippen LogP contribution < -0.4 is 4.74 Å². The number of benzene rings is 4. The molecule has 0 aliphatic carbocycles. The van der Waals surface area contributed by atoms with E-state index in [1.807, 2.05) is 48.5 Å². The zero-order valence-corrected chi connectivity index (χ0v) is 20.3. The van der Waals surface area contributed by atoms with Crippen molar-refractivity contribution in [3.05, 3.63) is 89.7 Å². The number of fused-ring (bicyclic) bond motifs is 1. The van der Waals surface area contributed by atoms with Crippen LogP contribution in [0.1, 0.15) is 50.7 Å². The van der Waals surface area contributed by atoms with E-state index in [1.54, 1.807) is 12.1 Å². The number of hydrogen-bond acceptors (Lipinski definition) is 1. The van der Waals surface area contributed by atoms with E-state index >= 15 is 4.39 Å². The summed E-state index contributed by atoms with van der Waals surface area (Å²) in [5.74, 6) is -0.0352. The number of unbranched alkanes of at least 4 members (excludes halogenated alkanes) is 2. The molecular formula is C31H31F3O. The zero-order valence-electron chi connectivity index (χ0n) is 20.3. The number of ether oxygens (including phenoxy) is 1. The molecule has 0 fully saturated rings. The van der Waals surface area contributed by atoms with Crippen molar-refractivity contribution in [2.45, 2.75) is 59.0 Å². The minimum atomic E-state index is -2.85. The van der Waals surface area contributed by atoms with Crippen LogP contribution in [-0.2, 0) is 12.8 Å². The first-order valence-corrected chi connectivity index (χ1v) is 12.4. The Labute approximate surface area is 205 Å². The Kier molecular flexibility index (Phi) is 8.12. The summed E-state index contributed by atoms with van der Waals surface area (Å²) in [6.07, 6.45) is 6.00. The predicted molar refractivity (Wildman–Crippen MR) is 139 cm³/mol. The van der Waals surface area contributed by atoms with Gasteiger partial charge >= 0.3 is 6.61 Å². The van der Waals surface area contributed by atoms with Crippen LogP contribution in [0.5, 0.6) is 5.75 Å². The summed E-state index contributed by atoms with van der Waals surface area (Å²) in [6.45, 7) is 1.50. The first-order chi connectivity index (χ1) is 17.0. The van der Waals surface area contributed by atoms with Gasteiger partial charge in [-0.25, -0.2) is 4.39 Å². The van der Waals surface area contributed by atoms with Crippen LogP contribution in [0.2, 0.25) is 0 Å². The van der Waals surface area contributed by atoms with Crippen molar-refractivity contribution in [2.75, 3.05) is 0 Å². The predicted octanol–water partition coefficient (Wildman–Crippen LogP) is 9.60. The van der Waals surface area contributed by atoms with Crippen molar-refractivity contribution >= 4 is 10.8 Å². The molecule has 0 spiro atoms. The summed E-state index contributed by atoms with van der Waals surface area (Å²) in [5.41, 5.74) is 5.77. The van der Waals surface area contributed by atoms with Crippen molar-refractivity contribution in [1.29, 1.82) is 0 Å². The van der Waals surface area contributed by atoms with Gasteiger partial charge in [-0.1, -0.05) is 87.4 Å². The number of hydrogen-bond donors (Lipinski definition) is 0. The molecule has 0 saturated carbocycles. The van der Waals surface area contributed by atoms with E-state index in [9.17, 15) is 8.78 Å². The van der Waals surface area contributed by atoms with Crippen LogP contribution in [-0.4, -0.2) is 6.61 Å². The van der Waals surface area contributed by atoms with Gasteiger partial charge in [0.2, 0.25) is 0 Å². The monoisotopic (exact) mass is 476 g/mol. The van der Waals surface area contributed by atoms with Crippen LogP contribution in [0.4, 0.5) is 13.2 Å². The summed E-state index contributed by atoms with van der Waals surface area (Å²) >= 11 is 0. The van der Waals surface area contributed by atoms with Crippen LogP contribution in [0, 0.1) is 5.82 Å². The van der Waals surface area contributed by atoms with Gasteiger partial charge in [0.1, 0.15) is 11.6 Å². The molecule has 4 rings (SSSR count). The highest BCUT2D eigenvalue weighted by Crippen LogP contribution is 2.38. The molecule has 1 nitrogen and oxygen atoms in total. The van der Waals surface area contributed by atoms with E-state index in [2.05, 4.69) is 18.6 Å². The number of alkyl halides is 2. The second-order valence-corrected chi connectivity index (χ2v) is 8.88. The number of rotatable bonds is 10. The largest absolute Gasteiger partial charge is 0.435 e. The minimum absolute atomic E-state index is 0.124. The third-order valence-electron chi connectivity index (χ3n) is 6.52. The molecule has 182 valence electrons. The fraction of sp³-hybridized carbons (Fsp3) is 0.290. The third-order valence-corrected chi connectivity index (χ3v) is 6.52. The van der Waals surface area contributed by atoms with E-state index in [0.717, 1.165) is 66.2 Å². The highest BCUT2D eigenvalue weighted by Gasteiger charge is 2.20. The molecule has 0 aliphatic rings. The second kappa shape index (κ2) is 11.4. The van der Waals surface area contributed by atoms with E-state index in [-0.39, 0.29) is 11.6 Å². The Morgan fingerprint density at radius 1 is 0.657 bits per heavy atom. The first kappa shape index (κ1) is 24.8. The third kappa shape index (κ3) is 5.53. The Morgan fingerprint density at radius 3 is 1.74 bits per heavy atom. The van der Waals surface area contributed by atoms with Crippen molar-refractivity contribution in [3.63, 3.8) is 0 Å². The van der Waals surface area contributed by atoms with E-state index in [1.165, 1.54) is 17.7 Å². The first-order valence-electron chi connectivity index (χ1n) is 12.4. The lowest BCUT2D eigenvalue weighted by molar-refractivity contribution is -0.0498. The smallest absolute Gasteiger partial charge is 0.387 e. The molecule has 0 bridgehead atoms. The standard InChI is InChI=1S/C31H31F3O/c1-3-5-9-25-26-11-7-8-12-28(26)30(32)29(27(25)10-6-4-2)23-15-13-21(14-16-23)22-17-19-24(20-18-22)35-31(33)34/h7-8,11-20,31H,3-6,9-10H2,1-2H3. The Hall–Kier alpha value is -3.27. The Bertz CT molecular complexity index is 1260. The van der Waals surface area contributed by atoms with Gasteiger partial charge in [-0.05, 0) is 71.0 Å². The summed E-state index contributed by atoms with van der Waals surface area (Å²) in [7, 11) is 0. The van der Waals surface area contributed by atoms with Crippen molar-refractivity contribution in [1.82, 2.24) is 0 Å². The van der Waals surface area contributed by atoms with Crippen LogP contribution >= 0.6 is 0 Å².